The van der Waals surface area contributed by atoms with Crippen LogP contribution in [-0.4, -0.2) is 30.3 Å². The summed E-state index contributed by atoms with van der Waals surface area (Å²) >= 11 is 0. The van der Waals surface area contributed by atoms with Crippen molar-refractivity contribution in [2.45, 2.75) is 31.1 Å². The van der Waals surface area contributed by atoms with Gasteiger partial charge in [0.1, 0.15) is 7.05 Å². The fourth-order valence-corrected chi connectivity index (χ4v) is 2.77. The Hall–Kier alpha value is -0.470. The average Bonchev–Trinajstić information content (AvgIpc) is 2.39. The summed E-state index contributed by atoms with van der Waals surface area (Å²) in [5.41, 5.74) is 2.85. The number of hydrogen-bond donors (Lipinski definition) is 1. The lowest BCUT2D eigenvalue weighted by Gasteiger charge is -2.15. The van der Waals surface area contributed by atoms with Crippen LogP contribution < -0.4 is 24.0 Å². The molecule has 18 heavy (non-hydrogen) atoms. The average molecular weight is 381 g/mol. The predicted molar refractivity (Wildman–Crippen MR) is 65.8 cm³/mol. The fraction of sp³-hybridized carbons (Fsp3) is 0.417. The molecule has 0 amide bonds. The van der Waals surface area contributed by atoms with Crippen molar-refractivity contribution >= 4 is 21.5 Å². The van der Waals surface area contributed by atoms with Gasteiger partial charge in [0.25, 0.3) is 10.1 Å². The molecule has 0 aromatic heterocycles. The standard InChI is InChI=1S/C12H15NO3S.HI/c1-8-12(2,3)10-7-9(17(14,15)16)5-6-11(10)13(8)4;/h5-7H,1-4H3;1H. The lowest BCUT2D eigenvalue weighted by Crippen LogP contribution is -3.00. The Labute approximate surface area is 124 Å². The number of fused-ring (bicyclic) bond motifs is 1. The number of nitrogens with zero attached hydrogens (tertiary/aromatic N) is 1. The van der Waals surface area contributed by atoms with Gasteiger partial charge >= 0.3 is 0 Å². The van der Waals surface area contributed by atoms with Gasteiger partial charge in [-0.3, -0.25) is 4.55 Å². The molecular weight excluding hydrogens is 365 g/mol. The molecule has 2 rings (SSSR count). The molecule has 0 spiro atoms. The molecule has 0 bridgehead atoms. The van der Waals surface area contributed by atoms with E-state index in [9.17, 15) is 8.42 Å². The molecule has 0 saturated heterocycles. The van der Waals surface area contributed by atoms with E-state index >= 15 is 0 Å². The van der Waals surface area contributed by atoms with Crippen molar-refractivity contribution in [2.75, 3.05) is 7.05 Å². The third-order valence-electron chi connectivity index (χ3n) is 3.71. The van der Waals surface area contributed by atoms with Crippen LogP contribution >= 0.6 is 0 Å². The number of hydrogen-bond acceptors (Lipinski definition) is 2. The minimum absolute atomic E-state index is 0. The van der Waals surface area contributed by atoms with E-state index < -0.39 is 10.1 Å². The first kappa shape index (κ1) is 15.6. The summed E-state index contributed by atoms with van der Waals surface area (Å²) in [6.07, 6.45) is 0. The molecule has 1 aliphatic rings. The van der Waals surface area contributed by atoms with E-state index in [4.69, 9.17) is 4.55 Å². The van der Waals surface area contributed by atoms with Crippen molar-refractivity contribution in [3.8, 4) is 0 Å². The Balaban J connectivity index is 0.00000162. The fourth-order valence-electron chi connectivity index (χ4n) is 2.26. The van der Waals surface area contributed by atoms with Crippen LogP contribution in [-0.2, 0) is 15.5 Å². The van der Waals surface area contributed by atoms with Crippen LogP contribution in [0.3, 0.4) is 0 Å². The predicted octanol–water partition coefficient (Wildman–Crippen LogP) is -1.04. The highest BCUT2D eigenvalue weighted by molar-refractivity contribution is 7.85. The molecule has 0 atom stereocenters. The maximum atomic E-state index is 11.1. The monoisotopic (exact) mass is 381 g/mol. The highest BCUT2D eigenvalue weighted by atomic mass is 127. The van der Waals surface area contributed by atoms with Crippen molar-refractivity contribution in [2.24, 2.45) is 0 Å². The number of benzene rings is 1. The van der Waals surface area contributed by atoms with Gasteiger partial charge in [0.15, 0.2) is 5.71 Å². The smallest absolute Gasteiger partial charge is 0.294 e. The van der Waals surface area contributed by atoms with Crippen LogP contribution in [0.5, 0.6) is 0 Å². The Morgan fingerprint density at radius 1 is 1.28 bits per heavy atom. The Bertz CT molecular complexity index is 633. The summed E-state index contributed by atoms with van der Waals surface area (Å²) in [6.45, 7) is 6.10. The van der Waals surface area contributed by atoms with Gasteiger partial charge in [0.05, 0.1) is 10.3 Å². The maximum absolute atomic E-state index is 11.1. The van der Waals surface area contributed by atoms with Gasteiger partial charge in [0, 0.05) is 18.6 Å². The molecule has 0 radical (unpaired) electrons. The van der Waals surface area contributed by atoms with E-state index in [0.717, 1.165) is 17.0 Å². The molecule has 0 fully saturated rings. The molecule has 1 aliphatic heterocycles. The Morgan fingerprint density at radius 3 is 2.33 bits per heavy atom. The van der Waals surface area contributed by atoms with Gasteiger partial charge < -0.3 is 24.0 Å². The van der Waals surface area contributed by atoms with Crippen LogP contribution in [0.15, 0.2) is 23.1 Å². The first-order valence-corrected chi connectivity index (χ1v) is 6.79. The van der Waals surface area contributed by atoms with E-state index in [-0.39, 0.29) is 34.3 Å². The molecule has 1 heterocycles. The van der Waals surface area contributed by atoms with Gasteiger partial charge in [-0.2, -0.15) is 8.42 Å². The lowest BCUT2D eigenvalue weighted by molar-refractivity contribution is -0.403. The molecule has 1 aromatic rings. The quantitative estimate of drug-likeness (QED) is 0.384. The van der Waals surface area contributed by atoms with Gasteiger partial charge in [-0.1, -0.05) is 0 Å². The Morgan fingerprint density at radius 2 is 1.83 bits per heavy atom. The second kappa shape index (κ2) is 4.57. The summed E-state index contributed by atoms with van der Waals surface area (Å²) in [6, 6.07) is 4.72. The highest BCUT2D eigenvalue weighted by Crippen LogP contribution is 2.39. The topological polar surface area (TPSA) is 57.4 Å². The van der Waals surface area contributed by atoms with E-state index in [1.165, 1.54) is 6.07 Å². The molecule has 0 aliphatic carbocycles. The second-order valence-electron chi connectivity index (χ2n) is 4.92. The van der Waals surface area contributed by atoms with Crippen molar-refractivity contribution in [3.63, 3.8) is 0 Å². The molecular formula is C12H16INO3S. The zero-order chi connectivity index (χ0) is 13.0. The van der Waals surface area contributed by atoms with E-state index in [1.54, 1.807) is 12.1 Å². The highest BCUT2D eigenvalue weighted by Gasteiger charge is 2.42. The van der Waals surface area contributed by atoms with E-state index in [0.29, 0.717) is 0 Å². The van der Waals surface area contributed by atoms with Crippen molar-refractivity contribution in [1.82, 2.24) is 0 Å². The summed E-state index contributed by atoms with van der Waals surface area (Å²) in [7, 11) is -2.18. The minimum atomic E-state index is -4.14. The van der Waals surface area contributed by atoms with Crippen molar-refractivity contribution in [3.05, 3.63) is 23.8 Å². The summed E-state index contributed by atoms with van der Waals surface area (Å²) in [5, 5.41) is 0. The van der Waals surface area contributed by atoms with Crippen molar-refractivity contribution in [1.29, 1.82) is 0 Å². The summed E-state index contributed by atoms with van der Waals surface area (Å²) in [5.74, 6) is 0. The van der Waals surface area contributed by atoms with Crippen LogP contribution in [0.4, 0.5) is 5.69 Å². The second-order valence-corrected chi connectivity index (χ2v) is 6.34. The van der Waals surface area contributed by atoms with Crippen LogP contribution in [0.2, 0.25) is 0 Å². The third-order valence-corrected chi connectivity index (χ3v) is 4.56. The van der Waals surface area contributed by atoms with E-state index in [1.807, 2.05) is 32.4 Å². The zero-order valence-corrected chi connectivity index (χ0v) is 13.7. The normalized spacial score (nSPS) is 17.4. The summed E-state index contributed by atoms with van der Waals surface area (Å²) < 4.78 is 33.4. The number of rotatable bonds is 1. The first-order chi connectivity index (χ1) is 7.65. The van der Waals surface area contributed by atoms with Gasteiger partial charge in [0.2, 0.25) is 5.69 Å². The molecule has 0 saturated carbocycles. The third kappa shape index (κ3) is 2.21. The molecule has 1 N–H and O–H groups in total. The van der Waals surface area contributed by atoms with Gasteiger partial charge in [-0.25, -0.2) is 4.58 Å². The van der Waals surface area contributed by atoms with Crippen LogP contribution in [0, 0.1) is 0 Å². The molecule has 100 valence electrons. The lowest BCUT2D eigenvalue weighted by atomic mass is 9.82. The largest absolute Gasteiger partial charge is 1.00 e. The van der Waals surface area contributed by atoms with Crippen LogP contribution in [0.1, 0.15) is 26.3 Å². The van der Waals surface area contributed by atoms with Gasteiger partial charge in [-0.15, -0.1) is 0 Å². The van der Waals surface area contributed by atoms with Crippen LogP contribution in [0.25, 0.3) is 0 Å². The first-order valence-electron chi connectivity index (χ1n) is 5.35. The Kier molecular flexibility index (Phi) is 3.96. The maximum Gasteiger partial charge on any atom is 0.294 e. The molecule has 6 heteroatoms. The van der Waals surface area contributed by atoms with Crippen molar-refractivity contribution < 1.29 is 41.5 Å². The number of halogens is 1. The molecule has 4 nitrogen and oxygen atoms in total. The molecule has 1 aromatic carbocycles. The minimum Gasteiger partial charge on any atom is -1.00 e. The summed E-state index contributed by atoms with van der Waals surface area (Å²) in [4.78, 5) is -0.0487. The zero-order valence-electron chi connectivity index (χ0n) is 10.7. The van der Waals surface area contributed by atoms with E-state index in [2.05, 4.69) is 0 Å². The van der Waals surface area contributed by atoms with Gasteiger partial charge in [-0.05, 0) is 26.0 Å². The molecule has 0 unspecified atom stereocenters. The SMILES string of the molecule is CC1=[N+](C)c2ccc(S(=O)(=O)O)cc2C1(C)C.[I-].